The second-order valence-electron chi connectivity index (χ2n) is 4.43. The molecule has 0 amide bonds. The maximum absolute atomic E-state index is 7.45. The predicted molar refractivity (Wildman–Crippen MR) is 59.6 cm³/mol. The summed E-state index contributed by atoms with van der Waals surface area (Å²) in [4.78, 5) is 4.57. The zero-order chi connectivity index (χ0) is 10.9. The van der Waals surface area contributed by atoms with Crippen molar-refractivity contribution in [1.82, 2.24) is 9.80 Å². The first-order chi connectivity index (χ1) is 6.45. The summed E-state index contributed by atoms with van der Waals surface area (Å²) in [6.07, 6.45) is 1.17. The fourth-order valence-electron chi connectivity index (χ4n) is 2.36. The summed E-state index contributed by atoms with van der Waals surface area (Å²) in [5, 5.41) is 7.45. The van der Waals surface area contributed by atoms with Crippen LogP contribution in [-0.4, -0.2) is 54.4 Å². The molecule has 0 spiro atoms. The van der Waals surface area contributed by atoms with Gasteiger partial charge in [-0.15, -0.1) is 0 Å². The van der Waals surface area contributed by atoms with Gasteiger partial charge in [0.25, 0.3) is 0 Å². The van der Waals surface area contributed by atoms with Crippen LogP contribution >= 0.6 is 0 Å². The molecular weight excluding hydrogens is 176 g/mol. The van der Waals surface area contributed by atoms with Crippen LogP contribution in [0.4, 0.5) is 0 Å². The van der Waals surface area contributed by atoms with Crippen LogP contribution in [0.5, 0.6) is 0 Å². The molecule has 14 heavy (non-hydrogen) atoms. The van der Waals surface area contributed by atoms with Crippen molar-refractivity contribution in [2.24, 2.45) is 5.73 Å². The van der Waals surface area contributed by atoms with Crippen LogP contribution in [0, 0.1) is 5.41 Å². The molecule has 0 aromatic heterocycles. The van der Waals surface area contributed by atoms with Gasteiger partial charge in [0, 0.05) is 18.6 Å². The molecule has 3 unspecified atom stereocenters. The number of hydrogen-bond donors (Lipinski definition) is 2. The third-order valence-corrected chi connectivity index (χ3v) is 3.37. The number of likely N-dealkylation sites (tertiary alicyclic amines) is 1. The first-order valence-electron chi connectivity index (χ1n) is 5.21. The Morgan fingerprint density at radius 1 is 1.57 bits per heavy atom. The fourth-order valence-corrected chi connectivity index (χ4v) is 2.36. The van der Waals surface area contributed by atoms with E-state index in [-0.39, 0.29) is 11.9 Å². The normalized spacial score (nSPS) is 30.9. The molecule has 1 saturated heterocycles. The molecule has 0 saturated carbocycles. The van der Waals surface area contributed by atoms with Crippen LogP contribution in [0.3, 0.4) is 0 Å². The lowest BCUT2D eigenvalue weighted by Crippen LogP contribution is -2.47. The van der Waals surface area contributed by atoms with Crippen molar-refractivity contribution >= 4 is 5.84 Å². The largest absolute Gasteiger partial charge is 0.386 e. The van der Waals surface area contributed by atoms with Crippen molar-refractivity contribution in [2.75, 3.05) is 20.6 Å². The van der Waals surface area contributed by atoms with Gasteiger partial charge in [0.15, 0.2) is 0 Å². The molecule has 1 fully saturated rings. The molecule has 0 aromatic carbocycles. The molecule has 4 nitrogen and oxygen atoms in total. The van der Waals surface area contributed by atoms with Gasteiger partial charge in [0.2, 0.25) is 0 Å². The Bertz CT molecular complexity index is 214. The van der Waals surface area contributed by atoms with Crippen LogP contribution < -0.4 is 5.73 Å². The lowest BCUT2D eigenvalue weighted by molar-refractivity contribution is 0.186. The zero-order valence-electron chi connectivity index (χ0n) is 9.62. The molecule has 1 aliphatic heterocycles. The van der Waals surface area contributed by atoms with Gasteiger partial charge in [-0.05, 0) is 34.4 Å². The molecule has 3 atom stereocenters. The minimum absolute atomic E-state index is 0.0787. The average Bonchev–Trinajstić information content (AvgIpc) is 2.45. The van der Waals surface area contributed by atoms with E-state index >= 15 is 0 Å². The molecule has 1 rings (SSSR count). The molecule has 0 aliphatic carbocycles. The number of nitrogens with two attached hydrogens (primary N) is 1. The molecule has 0 radical (unpaired) electrons. The first kappa shape index (κ1) is 11.5. The number of rotatable bonds is 3. The van der Waals surface area contributed by atoms with Crippen LogP contribution in [0.2, 0.25) is 0 Å². The first-order valence-corrected chi connectivity index (χ1v) is 5.21. The number of likely N-dealkylation sites (N-methyl/N-ethyl adjacent to an activating group) is 1. The summed E-state index contributed by atoms with van der Waals surface area (Å²) in [6.45, 7) is 5.28. The highest BCUT2D eigenvalue weighted by molar-refractivity contribution is 5.82. The molecule has 3 N–H and O–H groups in total. The van der Waals surface area contributed by atoms with Crippen LogP contribution in [0.25, 0.3) is 0 Å². The fraction of sp³-hybridized carbons (Fsp3) is 0.900. The van der Waals surface area contributed by atoms with E-state index in [9.17, 15) is 0 Å². The van der Waals surface area contributed by atoms with Crippen LogP contribution in [-0.2, 0) is 0 Å². The molecule has 1 heterocycles. The maximum Gasteiger partial charge on any atom is 0.108 e. The second-order valence-corrected chi connectivity index (χ2v) is 4.43. The quantitative estimate of drug-likeness (QED) is 0.508. The Morgan fingerprint density at radius 3 is 2.50 bits per heavy atom. The average molecular weight is 198 g/mol. The molecule has 0 bridgehead atoms. The van der Waals surface area contributed by atoms with E-state index in [0.717, 1.165) is 6.54 Å². The van der Waals surface area contributed by atoms with E-state index in [2.05, 4.69) is 30.8 Å². The Labute approximate surface area is 86.6 Å². The molecule has 4 heteroatoms. The third-order valence-electron chi connectivity index (χ3n) is 3.37. The molecular formula is C10H22N4. The summed E-state index contributed by atoms with van der Waals surface area (Å²) in [6, 6.07) is 1.16. The lowest BCUT2D eigenvalue weighted by Gasteiger charge is -2.31. The zero-order valence-corrected chi connectivity index (χ0v) is 9.62. The molecule has 82 valence electrons. The summed E-state index contributed by atoms with van der Waals surface area (Å²) < 4.78 is 0. The summed E-state index contributed by atoms with van der Waals surface area (Å²) in [5.74, 6) is 0.274. The topological polar surface area (TPSA) is 56.4 Å². The molecule has 0 aromatic rings. The monoisotopic (exact) mass is 198 g/mol. The van der Waals surface area contributed by atoms with E-state index in [1.807, 2.05) is 6.92 Å². The Balaban J connectivity index is 2.63. The van der Waals surface area contributed by atoms with Crippen LogP contribution in [0.15, 0.2) is 0 Å². The summed E-state index contributed by atoms with van der Waals surface area (Å²) in [5.41, 5.74) is 5.53. The number of amidine groups is 1. The van der Waals surface area contributed by atoms with E-state index in [1.54, 1.807) is 0 Å². The van der Waals surface area contributed by atoms with Gasteiger partial charge >= 0.3 is 0 Å². The number of nitrogens with one attached hydrogen (secondary N) is 1. The predicted octanol–water partition coefficient (Wildman–Crippen LogP) is 0.335. The van der Waals surface area contributed by atoms with Crippen LogP contribution in [0.1, 0.15) is 20.3 Å². The minimum atomic E-state index is 0.0787. The smallest absolute Gasteiger partial charge is 0.108 e. The van der Waals surface area contributed by atoms with E-state index in [4.69, 9.17) is 11.1 Å². The van der Waals surface area contributed by atoms with Crippen molar-refractivity contribution < 1.29 is 0 Å². The van der Waals surface area contributed by atoms with Gasteiger partial charge in [-0.1, -0.05) is 0 Å². The Hall–Kier alpha value is -0.610. The molecule has 1 aliphatic rings. The highest BCUT2D eigenvalue weighted by atomic mass is 15.3. The van der Waals surface area contributed by atoms with Crippen molar-refractivity contribution in [3.05, 3.63) is 0 Å². The SMILES string of the molecule is CC(C(=N)N)N1CCC(N(C)C)C1C. The number of hydrogen-bond acceptors (Lipinski definition) is 3. The second kappa shape index (κ2) is 4.28. The maximum atomic E-state index is 7.45. The van der Waals surface area contributed by atoms with E-state index in [0.29, 0.717) is 12.1 Å². The van der Waals surface area contributed by atoms with Crippen molar-refractivity contribution in [3.8, 4) is 0 Å². The van der Waals surface area contributed by atoms with Crippen molar-refractivity contribution in [1.29, 1.82) is 5.41 Å². The minimum Gasteiger partial charge on any atom is -0.386 e. The standard InChI is InChI=1S/C10H22N4/c1-7-9(13(3)4)5-6-14(7)8(2)10(11)12/h7-9H,5-6H2,1-4H3,(H3,11,12). The van der Waals surface area contributed by atoms with Gasteiger partial charge in [-0.3, -0.25) is 10.3 Å². The van der Waals surface area contributed by atoms with Gasteiger partial charge in [0.1, 0.15) is 5.84 Å². The van der Waals surface area contributed by atoms with E-state index in [1.165, 1.54) is 6.42 Å². The highest BCUT2D eigenvalue weighted by Gasteiger charge is 2.35. The third kappa shape index (κ3) is 2.07. The van der Waals surface area contributed by atoms with Gasteiger partial charge in [-0.2, -0.15) is 0 Å². The van der Waals surface area contributed by atoms with Crippen molar-refractivity contribution in [3.63, 3.8) is 0 Å². The van der Waals surface area contributed by atoms with Gasteiger partial charge < -0.3 is 10.6 Å². The Morgan fingerprint density at radius 2 is 2.14 bits per heavy atom. The summed E-state index contributed by atoms with van der Waals surface area (Å²) >= 11 is 0. The van der Waals surface area contributed by atoms with Crippen molar-refractivity contribution in [2.45, 2.75) is 38.4 Å². The van der Waals surface area contributed by atoms with Gasteiger partial charge in [-0.25, -0.2) is 0 Å². The number of nitrogens with zero attached hydrogens (tertiary/aromatic N) is 2. The highest BCUT2D eigenvalue weighted by Crippen LogP contribution is 2.23. The Kier molecular flexibility index (Phi) is 3.50. The summed E-state index contributed by atoms with van der Waals surface area (Å²) in [7, 11) is 4.23. The lowest BCUT2D eigenvalue weighted by atomic mass is 10.1. The van der Waals surface area contributed by atoms with Gasteiger partial charge in [0.05, 0.1) is 6.04 Å². The van der Waals surface area contributed by atoms with E-state index < -0.39 is 0 Å².